The molecular formula is C24H27N5Se. The predicted octanol–water partition coefficient (Wildman–Crippen LogP) is 4.37. The van der Waals surface area contributed by atoms with Crippen LogP contribution in [0.15, 0.2) is 48.9 Å². The van der Waals surface area contributed by atoms with Crippen molar-refractivity contribution in [2.75, 3.05) is 0 Å². The number of H-pyrrole nitrogens is 1. The molecule has 0 aliphatic heterocycles. The summed E-state index contributed by atoms with van der Waals surface area (Å²) in [6.07, 6.45) is 14.0. The van der Waals surface area contributed by atoms with Gasteiger partial charge in [0, 0.05) is 0 Å². The van der Waals surface area contributed by atoms with Crippen molar-refractivity contribution in [3.05, 3.63) is 60.2 Å². The SMILES string of the molecule is C[Se]c1cncc(-c2cn(Cc3ccc4cc(CCCC5CCC5)[nH]c4c3)nn2)c1. The summed E-state index contributed by atoms with van der Waals surface area (Å²) in [5, 5.41) is 9.98. The Morgan fingerprint density at radius 2 is 2.10 bits per heavy atom. The first-order valence-electron chi connectivity index (χ1n) is 10.8. The zero-order valence-electron chi connectivity index (χ0n) is 17.3. The summed E-state index contributed by atoms with van der Waals surface area (Å²) < 4.78 is 3.18. The molecule has 0 amide bonds. The Bertz CT molecular complexity index is 1140. The predicted molar refractivity (Wildman–Crippen MR) is 122 cm³/mol. The summed E-state index contributed by atoms with van der Waals surface area (Å²) in [5.74, 6) is 3.19. The van der Waals surface area contributed by atoms with Crippen LogP contribution in [-0.2, 0) is 13.0 Å². The van der Waals surface area contributed by atoms with Crippen LogP contribution in [0.4, 0.5) is 0 Å². The average Bonchev–Trinajstić information content (AvgIpc) is 3.36. The first-order valence-corrected chi connectivity index (χ1v) is 13.3. The van der Waals surface area contributed by atoms with E-state index in [1.807, 2.05) is 23.3 Å². The topological polar surface area (TPSA) is 59.4 Å². The van der Waals surface area contributed by atoms with Crippen molar-refractivity contribution in [3.63, 3.8) is 0 Å². The molecule has 0 spiro atoms. The third kappa shape index (κ3) is 4.35. The first-order chi connectivity index (χ1) is 14.8. The molecule has 0 atom stereocenters. The fraction of sp³-hybridized carbons (Fsp3) is 0.375. The molecule has 1 saturated carbocycles. The van der Waals surface area contributed by atoms with Crippen LogP contribution >= 0.6 is 0 Å². The molecule has 30 heavy (non-hydrogen) atoms. The molecule has 3 aromatic heterocycles. The summed E-state index contributed by atoms with van der Waals surface area (Å²) >= 11 is 0.431. The molecule has 1 aromatic carbocycles. The molecule has 1 N–H and O–H groups in total. The van der Waals surface area contributed by atoms with Gasteiger partial charge in [-0.2, -0.15) is 0 Å². The van der Waals surface area contributed by atoms with E-state index in [9.17, 15) is 0 Å². The third-order valence-electron chi connectivity index (χ3n) is 6.15. The van der Waals surface area contributed by atoms with Gasteiger partial charge in [0.25, 0.3) is 0 Å². The van der Waals surface area contributed by atoms with Crippen LogP contribution in [0.25, 0.3) is 22.2 Å². The number of nitrogens with one attached hydrogen (secondary N) is 1. The second kappa shape index (κ2) is 8.74. The normalized spacial score (nSPS) is 14.3. The second-order valence-electron chi connectivity index (χ2n) is 8.32. The third-order valence-corrected chi connectivity index (χ3v) is 7.61. The van der Waals surface area contributed by atoms with Crippen molar-refractivity contribution in [1.29, 1.82) is 0 Å². The Morgan fingerprint density at radius 3 is 2.93 bits per heavy atom. The van der Waals surface area contributed by atoms with Crippen LogP contribution in [0.1, 0.15) is 43.4 Å². The number of aryl methyl sites for hydroxylation is 1. The fourth-order valence-electron chi connectivity index (χ4n) is 4.20. The van der Waals surface area contributed by atoms with Crippen LogP contribution in [0.3, 0.4) is 0 Å². The van der Waals surface area contributed by atoms with Gasteiger partial charge in [0.05, 0.1) is 0 Å². The van der Waals surface area contributed by atoms with Crippen LogP contribution in [0, 0.1) is 5.92 Å². The summed E-state index contributed by atoms with van der Waals surface area (Å²) in [7, 11) is 0. The molecule has 5 rings (SSSR count). The molecule has 1 aliphatic rings. The van der Waals surface area contributed by atoms with Gasteiger partial charge >= 0.3 is 139 Å². The minimum absolute atomic E-state index is 0.431. The number of benzene rings is 1. The van der Waals surface area contributed by atoms with Gasteiger partial charge in [0.15, 0.2) is 0 Å². The number of rotatable bonds is 8. The molecule has 0 unspecified atom stereocenters. The number of pyridine rings is 1. The van der Waals surface area contributed by atoms with Crippen LogP contribution in [-0.4, -0.2) is 39.9 Å². The summed E-state index contributed by atoms with van der Waals surface area (Å²) in [6, 6.07) is 11.1. The van der Waals surface area contributed by atoms with Gasteiger partial charge in [-0.1, -0.05) is 25.7 Å². The standard InChI is InChI=1S/C24H27N5Se/c1-30-22-12-20(13-25-14-22)24-16-29(28-27-24)15-18-8-9-19-11-21(26-23(19)10-18)7-3-6-17-4-2-5-17/h8-14,16-17,26H,2-7,15H2,1H3. The van der Waals surface area contributed by atoms with Crippen molar-refractivity contribution in [1.82, 2.24) is 25.0 Å². The number of aromatic nitrogens is 5. The molecule has 154 valence electrons. The Morgan fingerprint density at radius 1 is 1.17 bits per heavy atom. The monoisotopic (exact) mass is 465 g/mol. The van der Waals surface area contributed by atoms with Crippen molar-refractivity contribution in [3.8, 4) is 11.3 Å². The van der Waals surface area contributed by atoms with Gasteiger partial charge < -0.3 is 0 Å². The number of hydrogen-bond acceptors (Lipinski definition) is 3. The number of aromatic amines is 1. The van der Waals surface area contributed by atoms with E-state index in [-0.39, 0.29) is 0 Å². The molecule has 0 saturated heterocycles. The van der Waals surface area contributed by atoms with Crippen molar-refractivity contribution in [2.45, 2.75) is 50.9 Å². The van der Waals surface area contributed by atoms with Crippen LogP contribution in [0.2, 0.25) is 5.82 Å². The number of fused-ring (bicyclic) bond motifs is 1. The van der Waals surface area contributed by atoms with E-state index < -0.39 is 0 Å². The zero-order valence-corrected chi connectivity index (χ0v) is 19.1. The fourth-order valence-corrected chi connectivity index (χ4v) is 5.06. The van der Waals surface area contributed by atoms with Gasteiger partial charge in [0.2, 0.25) is 0 Å². The van der Waals surface area contributed by atoms with Gasteiger partial charge in [-0.3, -0.25) is 0 Å². The Kier molecular flexibility index (Phi) is 5.69. The van der Waals surface area contributed by atoms with E-state index >= 15 is 0 Å². The second-order valence-corrected chi connectivity index (χ2v) is 10.2. The molecular weight excluding hydrogens is 437 g/mol. The van der Waals surface area contributed by atoms with Crippen molar-refractivity contribution in [2.24, 2.45) is 5.92 Å². The van der Waals surface area contributed by atoms with E-state index in [1.165, 1.54) is 58.7 Å². The van der Waals surface area contributed by atoms with Crippen molar-refractivity contribution >= 4 is 30.3 Å². The maximum absolute atomic E-state index is 4.36. The van der Waals surface area contributed by atoms with E-state index in [4.69, 9.17) is 0 Å². The van der Waals surface area contributed by atoms with Crippen LogP contribution < -0.4 is 4.46 Å². The molecule has 5 nitrogen and oxygen atoms in total. The number of nitrogens with zero attached hydrogens (tertiary/aromatic N) is 4. The molecule has 4 aromatic rings. The van der Waals surface area contributed by atoms with Gasteiger partial charge in [-0.05, 0) is 18.8 Å². The summed E-state index contributed by atoms with van der Waals surface area (Å²) in [6.45, 7) is 0.712. The quantitative estimate of drug-likeness (QED) is 0.394. The summed E-state index contributed by atoms with van der Waals surface area (Å²) in [4.78, 5) is 7.96. The van der Waals surface area contributed by atoms with E-state index in [0.717, 1.165) is 23.6 Å². The zero-order chi connectivity index (χ0) is 20.3. The Hall–Kier alpha value is -2.43. The summed E-state index contributed by atoms with van der Waals surface area (Å²) in [5.41, 5.74) is 5.71. The van der Waals surface area contributed by atoms with Crippen LogP contribution in [0.5, 0.6) is 0 Å². The average molecular weight is 464 g/mol. The molecule has 1 fully saturated rings. The van der Waals surface area contributed by atoms with E-state index in [1.54, 1.807) is 0 Å². The molecule has 1 aliphatic carbocycles. The molecule has 0 bridgehead atoms. The molecule has 6 heteroatoms. The van der Waals surface area contributed by atoms with Gasteiger partial charge in [-0.15, -0.1) is 0 Å². The Labute approximate surface area is 183 Å². The number of hydrogen-bond donors (Lipinski definition) is 1. The van der Waals surface area contributed by atoms with E-state index in [0.29, 0.717) is 21.5 Å². The van der Waals surface area contributed by atoms with E-state index in [2.05, 4.69) is 56.4 Å². The Balaban J connectivity index is 1.26. The minimum atomic E-state index is 0.431. The van der Waals surface area contributed by atoms with Crippen molar-refractivity contribution < 1.29 is 0 Å². The molecule has 3 heterocycles. The van der Waals surface area contributed by atoms with Gasteiger partial charge in [0.1, 0.15) is 0 Å². The first kappa shape index (κ1) is 19.5. The van der Waals surface area contributed by atoms with Gasteiger partial charge in [-0.25, -0.2) is 0 Å². The molecule has 0 radical (unpaired) electrons. The maximum atomic E-state index is 4.36.